The molecule has 0 saturated heterocycles. The highest BCUT2D eigenvalue weighted by molar-refractivity contribution is 4.90. The minimum absolute atomic E-state index is 1.06. The average Bonchev–Trinajstić information content (AvgIpc) is 2.34. The van der Waals surface area contributed by atoms with Crippen LogP contribution in [0.25, 0.3) is 0 Å². The summed E-state index contributed by atoms with van der Waals surface area (Å²) in [5, 5.41) is 0. The maximum Gasteiger partial charge on any atom is 0.0207 e. The van der Waals surface area contributed by atoms with Crippen LogP contribution in [-0.4, -0.2) is 18.0 Å². The molecule has 1 rings (SSSR count). The van der Waals surface area contributed by atoms with Crippen molar-refractivity contribution in [3.8, 4) is 0 Å². The molecular formula is C8H14N. The third-order valence-electron chi connectivity index (χ3n) is 1.59. The second kappa shape index (κ2) is 3.54. The van der Waals surface area contributed by atoms with Crippen LogP contribution < -0.4 is 0 Å². The lowest BCUT2D eigenvalue weighted by Gasteiger charge is -2.13. The molecule has 0 aromatic carbocycles. The van der Waals surface area contributed by atoms with Gasteiger partial charge < -0.3 is 4.90 Å². The summed E-state index contributed by atoms with van der Waals surface area (Å²) in [4.78, 5) is 2.35. The molecule has 0 bridgehead atoms. The van der Waals surface area contributed by atoms with Crippen LogP contribution in [0, 0.1) is 6.92 Å². The Morgan fingerprint density at radius 2 is 2.44 bits per heavy atom. The molecule has 0 unspecified atom stereocenters. The van der Waals surface area contributed by atoms with E-state index in [1.165, 1.54) is 25.9 Å². The van der Waals surface area contributed by atoms with E-state index in [0.717, 1.165) is 6.42 Å². The standard InChI is InChI=1S/C8H14N/c1-2-3-6-9-7-4-5-8-9/h4,7H,1-3,5-6,8H2. The Balaban J connectivity index is 2.05. The number of rotatable bonds is 3. The molecule has 1 radical (unpaired) electrons. The highest BCUT2D eigenvalue weighted by Crippen LogP contribution is 2.04. The second-order valence-electron chi connectivity index (χ2n) is 2.42. The third kappa shape index (κ3) is 2.08. The fourth-order valence-electron chi connectivity index (χ4n) is 1.04. The molecule has 1 heteroatoms. The van der Waals surface area contributed by atoms with E-state index >= 15 is 0 Å². The summed E-state index contributed by atoms with van der Waals surface area (Å²) in [5.74, 6) is 0. The van der Waals surface area contributed by atoms with Crippen LogP contribution in [0.5, 0.6) is 0 Å². The van der Waals surface area contributed by atoms with E-state index in [1.54, 1.807) is 0 Å². The zero-order valence-corrected chi connectivity index (χ0v) is 5.84. The van der Waals surface area contributed by atoms with Gasteiger partial charge >= 0.3 is 0 Å². The van der Waals surface area contributed by atoms with Crippen LogP contribution in [-0.2, 0) is 0 Å². The monoisotopic (exact) mass is 124 g/mol. The molecule has 0 amide bonds. The Hall–Kier alpha value is -0.460. The molecule has 0 N–H and O–H groups in total. The van der Waals surface area contributed by atoms with E-state index in [1.807, 2.05) is 0 Å². The third-order valence-corrected chi connectivity index (χ3v) is 1.59. The normalized spacial score (nSPS) is 17.2. The van der Waals surface area contributed by atoms with Crippen molar-refractivity contribution < 1.29 is 0 Å². The van der Waals surface area contributed by atoms with Crippen molar-refractivity contribution in [2.24, 2.45) is 0 Å². The van der Waals surface area contributed by atoms with Gasteiger partial charge in [0.15, 0.2) is 0 Å². The van der Waals surface area contributed by atoms with Crippen molar-refractivity contribution in [1.82, 2.24) is 4.90 Å². The first-order valence-electron chi connectivity index (χ1n) is 3.63. The van der Waals surface area contributed by atoms with Gasteiger partial charge in [0.1, 0.15) is 0 Å². The van der Waals surface area contributed by atoms with Gasteiger partial charge in [-0.25, -0.2) is 0 Å². The van der Waals surface area contributed by atoms with E-state index in [9.17, 15) is 0 Å². The molecule has 51 valence electrons. The molecule has 0 atom stereocenters. The lowest BCUT2D eigenvalue weighted by atomic mass is 10.3. The minimum atomic E-state index is 1.06. The quantitative estimate of drug-likeness (QED) is 0.554. The molecule has 0 spiro atoms. The minimum Gasteiger partial charge on any atom is -0.377 e. The SMILES string of the molecule is [CH2]CCCN1C=CCC1. The molecule has 9 heavy (non-hydrogen) atoms. The molecule has 0 aromatic rings. The molecule has 0 aliphatic carbocycles. The molecule has 1 aliphatic heterocycles. The smallest absolute Gasteiger partial charge is 0.0207 e. The van der Waals surface area contributed by atoms with Crippen LogP contribution in [0.15, 0.2) is 12.3 Å². The maximum absolute atomic E-state index is 3.80. The molecule has 1 heterocycles. The number of unbranched alkanes of at least 4 members (excludes halogenated alkanes) is 1. The van der Waals surface area contributed by atoms with E-state index in [-0.39, 0.29) is 0 Å². The van der Waals surface area contributed by atoms with Gasteiger partial charge in [0.05, 0.1) is 0 Å². The zero-order valence-electron chi connectivity index (χ0n) is 5.84. The number of hydrogen-bond acceptors (Lipinski definition) is 1. The van der Waals surface area contributed by atoms with Crippen LogP contribution >= 0.6 is 0 Å². The highest BCUT2D eigenvalue weighted by Gasteiger charge is 2.00. The van der Waals surface area contributed by atoms with E-state index in [2.05, 4.69) is 24.1 Å². The first-order valence-corrected chi connectivity index (χ1v) is 3.63. The molecule has 1 aliphatic rings. The summed E-state index contributed by atoms with van der Waals surface area (Å²) < 4.78 is 0. The lowest BCUT2D eigenvalue weighted by molar-refractivity contribution is 0.399. The summed E-state index contributed by atoms with van der Waals surface area (Å²) in [6.45, 7) is 6.21. The second-order valence-corrected chi connectivity index (χ2v) is 2.42. The van der Waals surface area contributed by atoms with Crippen molar-refractivity contribution in [3.05, 3.63) is 19.2 Å². The first-order chi connectivity index (χ1) is 4.43. The zero-order chi connectivity index (χ0) is 6.53. The summed E-state index contributed by atoms with van der Waals surface area (Å²) in [7, 11) is 0. The highest BCUT2D eigenvalue weighted by atomic mass is 15.1. The van der Waals surface area contributed by atoms with E-state index in [4.69, 9.17) is 0 Å². The van der Waals surface area contributed by atoms with Crippen molar-refractivity contribution in [1.29, 1.82) is 0 Å². The fourth-order valence-corrected chi connectivity index (χ4v) is 1.04. The molecule has 1 nitrogen and oxygen atoms in total. The lowest BCUT2D eigenvalue weighted by Crippen LogP contribution is -2.15. The summed E-state index contributed by atoms with van der Waals surface area (Å²) in [6.07, 6.45) is 7.94. The largest absolute Gasteiger partial charge is 0.377 e. The summed E-state index contributed by atoms with van der Waals surface area (Å²) in [5.41, 5.74) is 0. The number of nitrogens with zero attached hydrogens (tertiary/aromatic N) is 1. The van der Waals surface area contributed by atoms with Crippen LogP contribution in [0.3, 0.4) is 0 Å². The average molecular weight is 124 g/mol. The Morgan fingerprint density at radius 3 is 3.00 bits per heavy atom. The van der Waals surface area contributed by atoms with Crippen LogP contribution in [0.1, 0.15) is 19.3 Å². The Bertz CT molecular complexity index is 96.7. The summed E-state index contributed by atoms with van der Waals surface area (Å²) in [6, 6.07) is 0. The van der Waals surface area contributed by atoms with Gasteiger partial charge in [0, 0.05) is 13.1 Å². The Labute approximate surface area is 57.4 Å². The molecule has 0 saturated carbocycles. The van der Waals surface area contributed by atoms with Crippen molar-refractivity contribution in [3.63, 3.8) is 0 Å². The van der Waals surface area contributed by atoms with Crippen LogP contribution in [0.2, 0.25) is 0 Å². The van der Waals surface area contributed by atoms with Gasteiger partial charge in [-0.05, 0) is 19.0 Å². The predicted molar refractivity (Wildman–Crippen MR) is 39.9 cm³/mol. The molecular weight excluding hydrogens is 110 g/mol. The van der Waals surface area contributed by atoms with E-state index < -0.39 is 0 Å². The van der Waals surface area contributed by atoms with Crippen LogP contribution in [0.4, 0.5) is 0 Å². The molecule has 0 fully saturated rings. The topological polar surface area (TPSA) is 3.24 Å². The van der Waals surface area contributed by atoms with Crippen molar-refractivity contribution in [2.75, 3.05) is 13.1 Å². The van der Waals surface area contributed by atoms with Gasteiger partial charge in [-0.3, -0.25) is 0 Å². The summed E-state index contributed by atoms with van der Waals surface area (Å²) >= 11 is 0. The van der Waals surface area contributed by atoms with Crippen molar-refractivity contribution >= 4 is 0 Å². The number of hydrogen-bond donors (Lipinski definition) is 0. The Morgan fingerprint density at radius 1 is 1.56 bits per heavy atom. The van der Waals surface area contributed by atoms with Crippen molar-refractivity contribution in [2.45, 2.75) is 19.3 Å². The van der Waals surface area contributed by atoms with Gasteiger partial charge in [-0.1, -0.05) is 19.4 Å². The molecule has 0 aromatic heterocycles. The predicted octanol–water partition coefficient (Wildman–Crippen LogP) is 1.82. The van der Waals surface area contributed by atoms with Gasteiger partial charge in [0.2, 0.25) is 0 Å². The van der Waals surface area contributed by atoms with E-state index in [0.29, 0.717) is 0 Å². The first kappa shape index (κ1) is 6.66. The van der Waals surface area contributed by atoms with Gasteiger partial charge in [0.25, 0.3) is 0 Å². The maximum atomic E-state index is 3.80. The fraction of sp³-hybridized carbons (Fsp3) is 0.625. The van der Waals surface area contributed by atoms with Gasteiger partial charge in [-0.15, -0.1) is 0 Å². The Kier molecular flexibility index (Phi) is 2.62. The van der Waals surface area contributed by atoms with Gasteiger partial charge in [-0.2, -0.15) is 0 Å².